The molecule has 0 N–H and O–H groups in total. The highest BCUT2D eigenvalue weighted by Gasteiger charge is 2.18. The number of rotatable bonds is 4. The van der Waals surface area contributed by atoms with Crippen molar-refractivity contribution in [3.8, 4) is 22.8 Å². The van der Waals surface area contributed by atoms with Crippen LogP contribution in [0, 0.1) is 20.8 Å². The average Bonchev–Trinajstić information content (AvgIpc) is 2.74. The van der Waals surface area contributed by atoms with E-state index in [2.05, 4.69) is 6.07 Å². The quantitative estimate of drug-likeness (QED) is 0.310. The molecule has 0 bridgehead atoms. The Morgan fingerprint density at radius 2 is 1.47 bits per heavy atom. The van der Waals surface area contributed by atoms with E-state index >= 15 is 0 Å². The minimum Gasteiger partial charge on any atom is -0.497 e. The van der Waals surface area contributed by atoms with Crippen molar-refractivity contribution in [1.29, 1.82) is 0 Å². The van der Waals surface area contributed by atoms with E-state index in [1.54, 1.807) is 31.4 Å². The van der Waals surface area contributed by atoms with Crippen LogP contribution < -0.4 is 9.47 Å². The Bertz CT molecular complexity index is 1230. The molecular weight excluding hydrogens is 374 g/mol. The fourth-order valence-electron chi connectivity index (χ4n) is 3.53. The molecule has 0 spiro atoms. The minimum atomic E-state index is -0.411. The number of pyridine rings is 1. The zero-order valence-electron chi connectivity index (χ0n) is 17.5. The maximum atomic E-state index is 13.2. The summed E-state index contributed by atoms with van der Waals surface area (Å²) < 4.78 is 10.8. The van der Waals surface area contributed by atoms with Crippen LogP contribution >= 0.6 is 0 Å². The topological polar surface area (TPSA) is 48.4 Å². The predicted octanol–water partition coefficient (Wildman–Crippen LogP) is 6.05. The molecule has 0 saturated carbocycles. The van der Waals surface area contributed by atoms with Gasteiger partial charge in [0.25, 0.3) is 0 Å². The lowest BCUT2D eigenvalue weighted by atomic mass is 9.99. The summed E-state index contributed by atoms with van der Waals surface area (Å²) in [5.41, 5.74) is 6.28. The van der Waals surface area contributed by atoms with E-state index in [1.807, 2.05) is 57.2 Å². The number of carbonyl (C=O) groups is 1. The monoisotopic (exact) mass is 397 g/mol. The molecule has 0 unspecified atom stereocenters. The molecule has 30 heavy (non-hydrogen) atoms. The number of nitrogens with zero attached hydrogens (tertiary/aromatic N) is 1. The predicted molar refractivity (Wildman–Crippen MR) is 119 cm³/mol. The van der Waals surface area contributed by atoms with Gasteiger partial charge in [-0.25, -0.2) is 9.78 Å². The highest BCUT2D eigenvalue weighted by molar-refractivity contribution is 6.06. The smallest absolute Gasteiger partial charge is 0.344 e. The first-order chi connectivity index (χ1) is 14.4. The lowest BCUT2D eigenvalue weighted by Gasteiger charge is -2.13. The maximum absolute atomic E-state index is 13.2. The molecule has 3 aromatic carbocycles. The third-order valence-electron chi connectivity index (χ3n) is 5.09. The number of fused-ring (bicyclic) bond motifs is 1. The molecule has 0 saturated heterocycles. The number of hydrogen-bond acceptors (Lipinski definition) is 4. The zero-order chi connectivity index (χ0) is 21.3. The summed E-state index contributed by atoms with van der Waals surface area (Å²) >= 11 is 0. The Balaban J connectivity index is 1.83. The average molecular weight is 397 g/mol. The lowest BCUT2D eigenvalue weighted by molar-refractivity contribution is 0.0736. The van der Waals surface area contributed by atoms with Gasteiger partial charge in [0.15, 0.2) is 0 Å². The van der Waals surface area contributed by atoms with Crippen LogP contribution in [0.1, 0.15) is 27.0 Å². The van der Waals surface area contributed by atoms with Gasteiger partial charge in [-0.1, -0.05) is 41.5 Å². The summed E-state index contributed by atoms with van der Waals surface area (Å²) in [6.45, 7) is 6.07. The van der Waals surface area contributed by atoms with E-state index in [4.69, 9.17) is 14.5 Å². The van der Waals surface area contributed by atoms with Crippen molar-refractivity contribution < 1.29 is 14.3 Å². The van der Waals surface area contributed by atoms with Gasteiger partial charge in [-0.3, -0.25) is 0 Å². The molecule has 150 valence electrons. The molecule has 0 aliphatic heterocycles. The normalized spacial score (nSPS) is 10.8. The summed E-state index contributed by atoms with van der Waals surface area (Å²) in [4.78, 5) is 18.0. The number of aryl methyl sites for hydroxylation is 3. The Morgan fingerprint density at radius 3 is 2.13 bits per heavy atom. The minimum absolute atomic E-state index is 0.411. The van der Waals surface area contributed by atoms with Gasteiger partial charge in [-0.15, -0.1) is 0 Å². The van der Waals surface area contributed by atoms with Crippen molar-refractivity contribution >= 4 is 16.9 Å². The fraction of sp³-hybridized carbons (Fsp3) is 0.154. The summed E-state index contributed by atoms with van der Waals surface area (Å²) in [6, 6.07) is 21.0. The molecule has 4 heteroatoms. The van der Waals surface area contributed by atoms with Crippen LogP contribution in [-0.2, 0) is 0 Å². The maximum Gasteiger partial charge on any atom is 0.344 e. The third kappa shape index (κ3) is 3.90. The summed E-state index contributed by atoms with van der Waals surface area (Å²) in [5.74, 6) is 0.759. The van der Waals surface area contributed by atoms with Gasteiger partial charge in [0.1, 0.15) is 11.5 Å². The first-order valence-corrected chi connectivity index (χ1v) is 9.80. The Labute approximate surface area is 176 Å². The lowest BCUT2D eigenvalue weighted by Crippen LogP contribution is -2.10. The second-order valence-electron chi connectivity index (χ2n) is 7.46. The van der Waals surface area contributed by atoms with Gasteiger partial charge in [0.2, 0.25) is 0 Å². The van der Waals surface area contributed by atoms with Crippen molar-refractivity contribution in [2.75, 3.05) is 7.11 Å². The van der Waals surface area contributed by atoms with Crippen LogP contribution in [0.3, 0.4) is 0 Å². The first kappa shape index (κ1) is 19.6. The van der Waals surface area contributed by atoms with Gasteiger partial charge >= 0.3 is 5.97 Å². The molecule has 0 aliphatic carbocycles. The van der Waals surface area contributed by atoms with Crippen LogP contribution in [0.4, 0.5) is 0 Å². The molecule has 0 amide bonds. The Morgan fingerprint density at radius 1 is 0.800 bits per heavy atom. The molecule has 0 radical (unpaired) electrons. The van der Waals surface area contributed by atoms with Crippen LogP contribution in [-0.4, -0.2) is 18.1 Å². The number of methoxy groups -OCH3 is 1. The Hall–Kier alpha value is -3.66. The number of esters is 1. The summed E-state index contributed by atoms with van der Waals surface area (Å²) in [5, 5.41) is 0.793. The van der Waals surface area contributed by atoms with Crippen LogP contribution in [0.2, 0.25) is 0 Å². The van der Waals surface area contributed by atoms with Crippen molar-refractivity contribution in [3.63, 3.8) is 0 Å². The number of benzene rings is 3. The molecule has 0 fully saturated rings. The largest absolute Gasteiger partial charge is 0.497 e. The number of aromatic nitrogens is 1. The van der Waals surface area contributed by atoms with E-state index in [0.717, 1.165) is 33.3 Å². The molecular formula is C26H23NO3. The van der Waals surface area contributed by atoms with E-state index in [1.165, 1.54) is 5.56 Å². The van der Waals surface area contributed by atoms with Crippen LogP contribution in [0.25, 0.3) is 22.2 Å². The van der Waals surface area contributed by atoms with Gasteiger partial charge < -0.3 is 9.47 Å². The SMILES string of the molecule is COc1ccc(OC(=O)c2cc(-c3ccc(C)cc3)nc3c(C)cc(C)cc23)cc1. The standard InChI is InChI=1S/C26H23NO3/c1-16-5-7-19(8-6-16)24-15-23(22-14-17(2)13-18(3)25(22)27-24)26(28)30-21-11-9-20(29-4)10-12-21/h5-15H,1-4H3. The second-order valence-corrected chi connectivity index (χ2v) is 7.46. The van der Waals surface area contributed by atoms with Crippen molar-refractivity contribution in [2.45, 2.75) is 20.8 Å². The molecule has 4 aromatic rings. The van der Waals surface area contributed by atoms with Crippen LogP contribution in [0.15, 0.2) is 66.7 Å². The highest BCUT2D eigenvalue weighted by atomic mass is 16.5. The van der Waals surface area contributed by atoms with E-state index in [0.29, 0.717) is 17.1 Å². The van der Waals surface area contributed by atoms with Gasteiger partial charge in [0.05, 0.1) is 23.9 Å². The second kappa shape index (κ2) is 7.99. The number of ether oxygens (including phenoxy) is 2. The molecule has 4 rings (SSSR count). The number of hydrogen-bond donors (Lipinski definition) is 0. The van der Waals surface area contributed by atoms with E-state index in [9.17, 15) is 4.79 Å². The molecule has 1 heterocycles. The first-order valence-electron chi connectivity index (χ1n) is 9.80. The number of carbonyl (C=O) groups excluding carboxylic acids is 1. The fourth-order valence-corrected chi connectivity index (χ4v) is 3.53. The molecule has 0 atom stereocenters. The Kier molecular flexibility index (Phi) is 5.23. The third-order valence-corrected chi connectivity index (χ3v) is 5.09. The molecule has 4 nitrogen and oxygen atoms in total. The summed E-state index contributed by atoms with van der Waals surface area (Å²) in [6.07, 6.45) is 0. The zero-order valence-corrected chi connectivity index (χ0v) is 17.5. The van der Waals surface area contributed by atoms with Crippen molar-refractivity contribution in [2.24, 2.45) is 0 Å². The molecule has 1 aromatic heterocycles. The van der Waals surface area contributed by atoms with E-state index in [-0.39, 0.29) is 0 Å². The van der Waals surface area contributed by atoms with Gasteiger partial charge in [0, 0.05) is 10.9 Å². The van der Waals surface area contributed by atoms with Gasteiger partial charge in [-0.2, -0.15) is 0 Å². The summed E-state index contributed by atoms with van der Waals surface area (Å²) in [7, 11) is 1.60. The van der Waals surface area contributed by atoms with E-state index < -0.39 is 5.97 Å². The van der Waals surface area contributed by atoms with Crippen molar-refractivity contribution in [1.82, 2.24) is 4.98 Å². The van der Waals surface area contributed by atoms with Crippen molar-refractivity contribution in [3.05, 3.63) is 89.0 Å². The van der Waals surface area contributed by atoms with Gasteiger partial charge in [-0.05, 0) is 62.7 Å². The van der Waals surface area contributed by atoms with Crippen LogP contribution in [0.5, 0.6) is 11.5 Å². The molecule has 0 aliphatic rings. The highest BCUT2D eigenvalue weighted by Crippen LogP contribution is 2.29.